The lowest BCUT2D eigenvalue weighted by molar-refractivity contribution is -0.148. The molecule has 0 aliphatic rings. The van der Waals surface area contributed by atoms with E-state index in [2.05, 4.69) is 14.8 Å². The maximum absolute atomic E-state index is 11.7. The first-order chi connectivity index (χ1) is 15.2. The Morgan fingerprint density at radius 3 is 2.22 bits per heavy atom. The minimum absolute atomic E-state index is 0.00186. The lowest BCUT2D eigenvalue weighted by Crippen LogP contribution is -2.42. The van der Waals surface area contributed by atoms with Crippen LogP contribution < -0.4 is 14.8 Å². The van der Waals surface area contributed by atoms with Crippen LogP contribution in [0.2, 0.25) is 0 Å². The molecule has 2 atom stereocenters. The van der Waals surface area contributed by atoms with E-state index in [0.717, 1.165) is 27.1 Å². The molecule has 1 aromatic rings. The van der Waals surface area contributed by atoms with Crippen LogP contribution in [0.25, 0.3) is 0 Å². The lowest BCUT2D eigenvalue weighted by atomic mass is 10.0. The molecule has 1 rings (SSSR count). The summed E-state index contributed by atoms with van der Waals surface area (Å²) in [5.74, 6) is -1.72. The summed E-state index contributed by atoms with van der Waals surface area (Å²) in [6.45, 7) is 3.76. The molecule has 0 fully saturated rings. The summed E-state index contributed by atoms with van der Waals surface area (Å²) in [7, 11) is 2.22. The molecule has 0 aromatic heterocycles. The standard InChI is InChI=1S/C21H29NO10/c1-5-6-7-18(23)30-13(2)12-22-15(19(24)25)10-14-8-9-16(31-20(26)28-3)17(11-14)32-21(27)29-4/h8-9,11,13,15,22H,5-7,10,12H2,1-4H3,(H,24,25)/t13?,15-/m0/s1. The summed E-state index contributed by atoms with van der Waals surface area (Å²) >= 11 is 0. The van der Waals surface area contributed by atoms with Crippen LogP contribution in [0, 0.1) is 0 Å². The van der Waals surface area contributed by atoms with Crippen molar-refractivity contribution in [1.29, 1.82) is 0 Å². The van der Waals surface area contributed by atoms with E-state index in [9.17, 15) is 24.3 Å². The zero-order chi connectivity index (χ0) is 24.1. The van der Waals surface area contributed by atoms with Crippen LogP contribution in [-0.4, -0.2) is 62.3 Å². The quantitative estimate of drug-likeness (QED) is 0.272. The van der Waals surface area contributed by atoms with Crippen LogP contribution in [0.15, 0.2) is 18.2 Å². The van der Waals surface area contributed by atoms with E-state index in [0.29, 0.717) is 12.0 Å². The van der Waals surface area contributed by atoms with Gasteiger partial charge in [-0.15, -0.1) is 0 Å². The molecule has 1 aromatic carbocycles. The monoisotopic (exact) mass is 455 g/mol. The second-order valence-corrected chi connectivity index (χ2v) is 6.80. The number of ether oxygens (including phenoxy) is 5. The third kappa shape index (κ3) is 9.65. The molecule has 0 aliphatic heterocycles. The minimum atomic E-state index is -1.13. The molecule has 1 unspecified atom stereocenters. The fourth-order valence-electron chi connectivity index (χ4n) is 2.54. The highest BCUT2D eigenvalue weighted by Crippen LogP contribution is 2.30. The number of methoxy groups -OCH3 is 2. The molecular weight excluding hydrogens is 426 g/mol. The number of aliphatic carboxylic acids is 1. The van der Waals surface area contributed by atoms with Gasteiger partial charge in [0.15, 0.2) is 11.5 Å². The van der Waals surface area contributed by atoms with Gasteiger partial charge in [-0.25, -0.2) is 9.59 Å². The van der Waals surface area contributed by atoms with Gasteiger partial charge in [0.25, 0.3) is 0 Å². The average molecular weight is 455 g/mol. The van der Waals surface area contributed by atoms with Gasteiger partial charge in [0.05, 0.1) is 14.2 Å². The molecule has 0 spiro atoms. The van der Waals surface area contributed by atoms with Crippen molar-refractivity contribution in [3.8, 4) is 11.5 Å². The molecule has 0 saturated heterocycles. The van der Waals surface area contributed by atoms with E-state index in [4.69, 9.17) is 14.2 Å². The van der Waals surface area contributed by atoms with Crippen molar-refractivity contribution in [2.24, 2.45) is 0 Å². The van der Waals surface area contributed by atoms with Crippen molar-refractivity contribution >= 4 is 24.2 Å². The van der Waals surface area contributed by atoms with E-state index in [1.54, 1.807) is 6.92 Å². The van der Waals surface area contributed by atoms with E-state index in [-0.39, 0.29) is 30.4 Å². The smallest absolute Gasteiger partial charge is 0.480 e. The Bertz CT molecular complexity index is 795. The highest BCUT2D eigenvalue weighted by molar-refractivity contribution is 5.74. The first kappa shape index (κ1) is 26.7. The van der Waals surface area contributed by atoms with Gasteiger partial charge in [-0.05, 0) is 37.5 Å². The van der Waals surface area contributed by atoms with Crippen LogP contribution in [-0.2, 0) is 30.2 Å². The van der Waals surface area contributed by atoms with Crippen molar-refractivity contribution in [3.63, 3.8) is 0 Å². The van der Waals surface area contributed by atoms with Gasteiger partial charge in [0.2, 0.25) is 0 Å². The summed E-state index contributed by atoms with van der Waals surface area (Å²) in [5.41, 5.74) is 0.466. The second-order valence-electron chi connectivity index (χ2n) is 6.80. The molecule has 0 aliphatic carbocycles. The van der Waals surface area contributed by atoms with Crippen molar-refractivity contribution in [2.45, 2.75) is 51.7 Å². The fourth-order valence-corrected chi connectivity index (χ4v) is 2.54. The van der Waals surface area contributed by atoms with Gasteiger partial charge in [-0.1, -0.05) is 19.4 Å². The SMILES string of the molecule is CCCCC(=O)OC(C)CN[C@@H](Cc1ccc(OC(=O)OC)c(OC(=O)OC)c1)C(=O)O. The van der Waals surface area contributed by atoms with E-state index >= 15 is 0 Å². The maximum Gasteiger partial charge on any atom is 0.513 e. The fraction of sp³-hybridized carbons (Fsp3) is 0.524. The largest absolute Gasteiger partial charge is 0.513 e. The molecule has 11 nitrogen and oxygen atoms in total. The van der Waals surface area contributed by atoms with Crippen molar-refractivity contribution < 1.29 is 48.0 Å². The van der Waals surface area contributed by atoms with Crippen molar-refractivity contribution in [2.75, 3.05) is 20.8 Å². The van der Waals surface area contributed by atoms with Crippen LogP contribution in [0.4, 0.5) is 9.59 Å². The van der Waals surface area contributed by atoms with E-state index in [1.165, 1.54) is 18.2 Å². The first-order valence-electron chi connectivity index (χ1n) is 10.00. The molecule has 0 radical (unpaired) electrons. The predicted octanol–water partition coefficient (Wildman–Crippen LogP) is 2.68. The predicted molar refractivity (Wildman–Crippen MR) is 111 cm³/mol. The van der Waals surface area contributed by atoms with Gasteiger partial charge >= 0.3 is 24.2 Å². The van der Waals surface area contributed by atoms with E-state index < -0.39 is 30.4 Å². The van der Waals surface area contributed by atoms with Crippen LogP contribution >= 0.6 is 0 Å². The molecule has 0 bridgehead atoms. The van der Waals surface area contributed by atoms with Crippen LogP contribution in [0.5, 0.6) is 11.5 Å². The number of carboxylic acids is 1. The molecule has 0 heterocycles. The Kier molecular flexibility index (Phi) is 11.6. The van der Waals surface area contributed by atoms with Crippen LogP contribution in [0.3, 0.4) is 0 Å². The number of carbonyl (C=O) groups excluding carboxylic acids is 3. The number of rotatable bonds is 12. The van der Waals surface area contributed by atoms with Gasteiger partial charge in [-0.3, -0.25) is 9.59 Å². The summed E-state index contributed by atoms with van der Waals surface area (Å²) < 4.78 is 24.0. The lowest BCUT2D eigenvalue weighted by Gasteiger charge is -2.19. The number of esters is 1. The summed E-state index contributed by atoms with van der Waals surface area (Å²) in [4.78, 5) is 46.3. The number of unbranched alkanes of at least 4 members (excludes halogenated alkanes) is 1. The van der Waals surface area contributed by atoms with Crippen molar-refractivity contribution in [1.82, 2.24) is 5.32 Å². The average Bonchev–Trinajstić information content (AvgIpc) is 2.76. The highest BCUT2D eigenvalue weighted by Gasteiger charge is 2.22. The number of carboxylic acid groups (broad SMARTS) is 1. The summed E-state index contributed by atoms with van der Waals surface area (Å²) in [5, 5.41) is 12.4. The number of carbonyl (C=O) groups is 4. The van der Waals surface area contributed by atoms with Gasteiger partial charge < -0.3 is 34.1 Å². The molecule has 32 heavy (non-hydrogen) atoms. The first-order valence-corrected chi connectivity index (χ1v) is 10.00. The molecule has 11 heteroatoms. The van der Waals surface area contributed by atoms with Gasteiger partial charge in [0.1, 0.15) is 12.1 Å². The number of benzene rings is 1. The Morgan fingerprint density at radius 1 is 1.03 bits per heavy atom. The zero-order valence-electron chi connectivity index (χ0n) is 18.5. The highest BCUT2D eigenvalue weighted by atomic mass is 16.7. The van der Waals surface area contributed by atoms with Gasteiger partial charge in [0, 0.05) is 13.0 Å². The van der Waals surface area contributed by atoms with Crippen LogP contribution in [0.1, 0.15) is 38.7 Å². The number of hydrogen-bond acceptors (Lipinski definition) is 10. The Hall–Kier alpha value is -3.34. The molecule has 0 amide bonds. The summed E-state index contributed by atoms with van der Waals surface area (Å²) in [6.07, 6.45) is -0.691. The Balaban J connectivity index is 2.86. The third-order valence-corrected chi connectivity index (χ3v) is 4.18. The van der Waals surface area contributed by atoms with Gasteiger partial charge in [-0.2, -0.15) is 0 Å². The number of nitrogens with one attached hydrogen (secondary N) is 1. The molecule has 178 valence electrons. The number of hydrogen-bond donors (Lipinski definition) is 2. The minimum Gasteiger partial charge on any atom is -0.480 e. The zero-order valence-corrected chi connectivity index (χ0v) is 18.5. The topological polar surface area (TPSA) is 147 Å². The Morgan fingerprint density at radius 2 is 1.66 bits per heavy atom. The molecular formula is C21H29NO10. The molecule has 2 N–H and O–H groups in total. The second kappa shape index (κ2) is 13.9. The Labute approximate surface area is 185 Å². The maximum atomic E-state index is 11.7. The normalized spacial score (nSPS) is 12.2. The molecule has 0 saturated carbocycles. The summed E-state index contributed by atoms with van der Waals surface area (Å²) in [6, 6.07) is 3.17. The third-order valence-electron chi connectivity index (χ3n) is 4.18. The van der Waals surface area contributed by atoms with E-state index in [1.807, 2.05) is 6.92 Å². The van der Waals surface area contributed by atoms with Crippen molar-refractivity contribution in [3.05, 3.63) is 23.8 Å².